The van der Waals surface area contributed by atoms with Crippen LogP contribution in [0.5, 0.6) is 5.75 Å². The second kappa shape index (κ2) is 11.0. The van der Waals surface area contributed by atoms with E-state index in [1.54, 1.807) is 18.9 Å². The third kappa shape index (κ3) is 5.71. The van der Waals surface area contributed by atoms with Gasteiger partial charge in [0.2, 0.25) is 0 Å². The first-order valence-corrected chi connectivity index (χ1v) is 12.1. The summed E-state index contributed by atoms with van der Waals surface area (Å²) in [5.74, 6) is 2.77. The summed E-state index contributed by atoms with van der Waals surface area (Å²) in [5.41, 5.74) is 3.80. The van der Waals surface area contributed by atoms with Gasteiger partial charge >= 0.3 is 0 Å². The molecule has 0 saturated carbocycles. The predicted molar refractivity (Wildman–Crippen MR) is 128 cm³/mol. The van der Waals surface area contributed by atoms with Crippen LogP contribution in [-0.2, 0) is 30.1 Å². The first-order valence-electron chi connectivity index (χ1n) is 11.2. The van der Waals surface area contributed by atoms with E-state index in [2.05, 4.69) is 64.0 Å². The minimum absolute atomic E-state index is 0.238. The number of aryl methyl sites for hydroxylation is 1. The monoisotopic (exact) mass is 452 g/mol. The molecule has 1 aromatic heterocycles. The van der Waals surface area contributed by atoms with Crippen molar-refractivity contribution in [3.63, 3.8) is 0 Å². The number of para-hydroxylation sites is 1. The standard InChI is InChI=1S/C25H32N4O2S/c1-19-9-4-5-11-21(19)18-32-25-27-26-24(29(25)16-22-12-8-14-31-22)17-28(2)15-20-10-6-7-13-23(20)30-3/h4-7,9-11,13,22H,8,12,14-18H2,1-3H3. The van der Waals surface area contributed by atoms with Crippen LogP contribution in [0.2, 0.25) is 0 Å². The van der Waals surface area contributed by atoms with Crippen LogP contribution in [0.25, 0.3) is 0 Å². The van der Waals surface area contributed by atoms with Crippen molar-refractivity contribution in [1.29, 1.82) is 0 Å². The molecule has 0 spiro atoms. The first-order chi connectivity index (χ1) is 15.6. The fraction of sp³-hybridized carbons (Fsp3) is 0.440. The van der Waals surface area contributed by atoms with Crippen molar-refractivity contribution in [2.75, 3.05) is 20.8 Å². The number of rotatable bonds is 10. The maximum absolute atomic E-state index is 5.93. The van der Waals surface area contributed by atoms with Crippen LogP contribution in [0, 0.1) is 6.92 Å². The van der Waals surface area contributed by atoms with Crippen LogP contribution in [0.3, 0.4) is 0 Å². The molecule has 1 unspecified atom stereocenters. The molecule has 0 bridgehead atoms. The highest BCUT2D eigenvalue weighted by atomic mass is 32.2. The van der Waals surface area contributed by atoms with Crippen molar-refractivity contribution in [1.82, 2.24) is 19.7 Å². The minimum Gasteiger partial charge on any atom is -0.496 e. The second-order valence-electron chi connectivity index (χ2n) is 8.34. The molecule has 0 radical (unpaired) electrons. The average molecular weight is 453 g/mol. The van der Waals surface area contributed by atoms with Gasteiger partial charge in [-0.1, -0.05) is 54.2 Å². The Morgan fingerprint density at radius 3 is 2.62 bits per heavy atom. The lowest BCUT2D eigenvalue weighted by atomic mass is 10.1. The lowest BCUT2D eigenvalue weighted by molar-refractivity contribution is 0.0934. The Morgan fingerprint density at radius 1 is 1.09 bits per heavy atom. The van der Waals surface area contributed by atoms with Crippen molar-refractivity contribution in [2.45, 2.75) is 56.4 Å². The number of hydrogen-bond acceptors (Lipinski definition) is 6. The highest BCUT2D eigenvalue weighted by Gasteiger charge is 2.22. The normalized spacial score (nSPS) is 16.1. The van der Waals surface area contributed by atoms with Gasteiger partial charge in [-0.15, -0.1) is 10.2 Å². The van der Waals surface area contributed by atoms with Gasteiger partial charge in [0, 0.05) is 24.5 Å². The van der Waals surface area contributed by atoms with Gasteiger partial charge in [0.15, 0.2) is 5.16 Å². The van der Waals surface area contributed by atoms with Gasteiger partial charge in [-0.05, 0) is 44.0 Å². The Labute approximate surface area is 194 Å². The Balaban J connectivity index is 1.49. The molecule has 2 heterocycles. The summed E-state index contributed by atoms with van der Waals surface area (Å²) < 4.78 is 13.7. The molecule has 1 aliphatic rings. The number of benzene rings is 2. The number of nitrogens with zero attached hydrogens (tertiary/aromatic N) is 4. The minimum atomic E-state index is 0.238. The maximum atomic E-state index is 5.93. The van der Waals surface area contributed by atoms with E-state index >= 15 is 0 Å². The molecule has 170 valence electrons. The average Bonchev–Trinajstić information content (AvgIpc) is 3.44. The molecule has 1 aliphatic heterocycles. The second-order valence-corrected chi connectivity index (χ2v) is 9.29. The zero-order chi connectivity index (χ0) is 22.3. The number of hydrogen-bond donors (Lipinski definition) is 0. The molecule has 2 aromatic carbocycles. The zero-order valence-electron chi connectivity index (χ0n) is 19.2. The Hall–Kier alpha value is -2.35. The van der Waals surface area contributed by atoms with E-state index in [1.807, 2.05) is 18.2 Å². The number of aromatic nitrogens is 3. The molecule has 0 aliphatic carbocycles. The molecular formula is C25H32N4O2S. The van der Waals surface area contributed by atoms with Crippen molar-refractivity contribution >= 4 is 11.8 Å². The van der Waals surface area contributed by atoms with Crippen LogP contribution < -0.4 is 4.74 Å². The number of ether oxygens (including phenoxy) is 2. The molecule has 0 N–H and O–H groups in total. The molecule has 0 amide bonds. The Morgan fingerprint density at radius 2 is 1.88 bits per heavy atom. The Kier molecular flexibility index (Phi) is 7.84. The van der Waals surface area contributed by atoms with E-state index in [-0.39, 0.29) is 6.10 Å². The molecular weight excluding hydrogens is 420 g/mol. The summed E-state index contributed by atoms with van der Waals surface area (Å²) in [6.45, 7) is 5.30. The third-order valence-corrected chi connectivity index (χ3v) is 6.88. The first kappa shape index (κ1) is 22.8. The topological polar surface area (TPSA) is 52.4 Å². The fourth-order valence-corrected chi connectivity index (χ4v) is 5.10. The van der Waals surface area contributed by atoms with E-state index in [4.69, 9.17) is 9.47 Å². The van der Waals surface area contributed by atoms with Crippen molar-refractivity contribution in [3.05, 3.63) is 71.0 Å². The lowest BCUT2D eigenvalue weighted by Gasteiger charge is -2.20. The molecule has 3 aromatic rings. The highest BCUT2D eigenvalue weighted by molar-refractivity contribution is 7.98. The van der Waals surface area contributed by atoms with Crippen LogP contribution in [0.1, 0.15) is 35.4 Å². The van der Waals surface area contributed by atoms with E-state index < -0.39 is 0 Å². The largest absolute Gasteiger partial charge is 0.496 e. The molecule has 1 saturated heterocycles. The maximum Gasteiger partial charge on any atom is 0.191 e. The van der Waals surface area contributed by atoms with Crippen LogP contribution in [-0.4, -0.2) is 46.5 Å². The van der Waals surface area contributed by atoms with Crippen LogP contribution >= 0.6 is 11.8 Å². The van der Waals surface area contributed by atoms with Gasteiger partial charge in [-0.25, -0.2) is 0 Å². The van der Waals surface area contributed by atoms with Gasteiger partial charge in [-0.3, -0.25) is 4.90 Å². The predicted octanol–water partition coefficient (Wildman–Crippen LogP) is 4.70. The SMILES string of the molecule is COc1ccccc1CN(C)Cc1nnc(SCc2ccccc2C)n1CC1CCCO1. The molecule has 4 rings (SSSR count). The quantitative estimate of drug-likeness (QED) is 0.416. The van der Waals surface area contributed by atoms with Crippen molar-refractivity contribution in [3.8, 4) is 5.75 Å². The highest BCUT2D eigenvalue weighted by Crippen LogP contribution is 2.26. The summed E-state index contributed by atoms with van der Waals surface area (Å²) in [6.07, 6.45) is 2.46. The molecule has 6 nitrogen and oxygen atoms in total. The van der Waals surface area contributed by atoms with Gasteiger partial charge in [0.1, 0.15) is 11.6 Å². The molecule has 32 heavy (non-hydrogen) atoms. The molecule has 7 heteroatoms. The fourth-order valence-electron chi connectivity index (χ4n) is 4.05. The van der Waals surface area contributed by atoms with Crippen molar-refractivity contribution in [2.24, 2.45) is 0 Å². The molecule has 1 atom stereocenters. The lowest BCUT2D eigenvalue weighted by Crippen LogP contribution is -2.23. The van der Waals surface area contributed by atoms with Crippen LogP contribution in [0.15, 0.2) is 53.7 Å². The van der Waals surface area contributed by atoms with E-state index in [0.717, 1.165) is 60.6 Å². The van der Waals surface area contributed by atoms with Gasteiger partial charge in [0.25, 0.3) is 0 Å². The Bertz CT molecular complexity index is 1020. The summed E-state index contributed by atoms with van der Waals surface area (Å²) in [7, 11) is 3.83. The third-order valence-electron chi connectivity index (χ3n) is 5.87. The van der Waals surface area contributed by atoms with Crippen LogP contribution in [0.4, 0.5) is 0 Å². The number of methoxy groups -OCH3 is 1. The summed E-state index contributed by atoms with van der Waals surface area (Å²) in [5, 5.41) is 10.1. The van der Waals surface area contributed by atoms with E-state index in [0.29, 0.717) is 6.54 Å². The molecule has 1 fully saturated rings. The number of thioether (sulfide) groups is 1. The van der Waals surface area contributed by atoms with E-state index in [9.17, 15) is 0 Å². The van der Waals surface area contributed by atoms with Gasteiger partial charge < -0.3 is 14.0 Å². The van der Waals surface area contributed by atoms with Gasteiger partial charge in [0.05, 0.1) is 26.3 Å². The summed E-state index contributed by atoms with van der Waals surface area (Å²) in [4.78, 5) is 2.25. The van der Waals surface area contributed by atoms with Gasteiger partial charge in [-0.2, -0.15) is 0 Å². The smallest absolute Gasteiger partial charge is 0.191 e. The summed E-state index contributed by atoms with van der Waals surface area (Å²) in [6, 6.07) is 16.7. The zero-order valence-corrected chi connectivity index (χ0v) is 20.0. The summed E-state index contributed by atoms with van der Waals surface area (Å²) >= 11 is 1.75. The van der Waals surface area contributed by atoms with Crippen molar-refractivity contribution < 1.29 is 9.47 Å². The van der Waals surface area contributed by atoms with E-state index in [1.165, 1.54) is 11.1 Å².